The van der Waals surface area contributed by atoms with Gasteiger partial charge in [0.2, 0.25) is 0 Å². The Balaban J connectivity index is 1.28. The van der Waals surface area contributed by atoms with Gasteiger partial charge < -0.3 is 15.5 Å². The second kappa shape index (κ2) is 10.9. The lowest BCUT2D eigenvalue weighted by Crippen LogP contribution is -2.45. The van der Waals surface area contributed by atoms with Crippen LogP contribution in [-0.2, 0) is 0 Å². The van der Waals surface area contributed by atoms with Crippen molar-refractivity contribution >= 4 is 45.4 Å². The highest BCUT2D eigenvalue weighted by atomic mass is 35.5. The van der Waals surface area contributed by atoms with Crippen LogP contribution >= 0.6 is 23.2 Å². The van der Waals surface area contributed by atoms with Crippen molar-refractivity contribution < 1.29 is 0 Å². The molecule has 2 aromatic carbocycles. The number of fused-ring (bicyclic) bond motifs is 1. The summed E-state index contributed by atoms with van der Waals surface area (Å²) < 4.78 is 0. The third kappa shape index (κ3) is 5.83. The van der Waals surface area contributed by atoms with Crippen LogP contribution in [-0.4, -0.2) is 48.6 Å². The van der Waals surface area contributed by atoms with Gasteiger partial charge in [0.1, 0.15) is 0 Å². The van der Waals surface area contributed by atoms with Gasteiger partial charge in [-0.25, -0.2) is 0 Å². The van der Waals surface area contributed by atoms with Gasteiger partial charge in [-0.2, -0.15) is 0 Å². The summed E-state index contributed by atoms with van der Waals surface area (Å²) in [6.07, 6.45) is 9.49. The van der Waals surface area contributed by atoms with Crippen molar-refractivity contribution in [2.24, 2.45) is 11.8 Å². The first-order chi connectivity index (χ1) is 18.0. The van der Waals surface area contributed by atoms with Gasteiger partial charge in [-0.1, -0.05) is 35.8 Å². The minimum Gasteiger partial charge on any atom is -0.381 e. The maximum Gasteiger partial charge on any atom is 0.0723 e. The van der Waals surface area contributed by atoms with E-state index in [1.54, 1.807) is 6.07 Å². The second-order valence-electron chi connectivity index (χ2n) is 11.1. The zero-order chi connectivity index (χ0) is 25.4. The van der Waals surface area contributed by atoms with Gasteiger partial charge in [0.25, 0.3) is 0 Å². The molecule has 2 heterocycles. The molecule has 0 amide bonds. The van der Waals surface area contributed by atoms with E-state index in [4.69, 9.17) is 28.2 Å². The normalized spacial score (nSPS) is 22.8. The third-order valence-electron chi connectivity index (χ3n) is 8.40. The average molecular weight is 536 g/mol. The fraction of sp³-hybridized carbons (Fsp3) is 0.452. The Morgan fingerprint density at radius 3 is 2.38 bits per heavy atom. The lowest BCUT2D eigenvalue weighted by molar-refractivity contribution is 0.179. The van der Waals surface area contributed by atoms with Crippen molar-refractivity contribution in [1.29, 1.82) is 0 Å². The first kappa shape index (κ1) is 25.2. The van der Waals surface area contributed by atoms with Gasteiger partial charge in [-0.3, -0.25) is 4.98 Å². The third-order valence-corrected chi connectivity index (χ3v) is 8.84. The standard InChI is InChI=1S/C31H36Cl2N4/c1-20(22-4-5-22)29-18-35-30-9-6-23(24-14-25(32)17-26(33)15-24)16-28(30)31(29)36-27-7-2-21(3-8-27)19-37-12-10-34-11-13-37/h6,9,14-18,21-22,27,34H,1-5,7-8,10-13,19H2,(H,35,36). The van der Waals surface area contributed by atoms with Crippen LogP contribution < -0.4 is 10.6 Å². The van der Waals surface area contributed by atoms with Crippen LogP contribution in [0.4, 0.5) is 5.69 Å². The SMILES string of the molecule is C=C(c1cnc2ccc(-c3cc(Cl)cc(Cl)c3)cc2c1NC1CCC(CN2CCNCC2)CC1)C1CC1. The molecule has 1 saturated heterocycles. The van der Waals surface area contributed by atoms with Crippen LogP contribution in [0.3, 0.4) is 0 Å². The van der Waals surface area contributed by atoms with Crippen LogP contribution in [0, 0.1) is 11.8 Å². The summed E-state index contributed by atoms with van der Waals surface area (Å²) in [7, 11) is 0. The molecule has 194 valence electrons. The Morgan fingerprint density at radius 1 is 0.946 bits per heavy atom. The van der Waals surface area contributed by atoms with Crippen molar-refractivity contribution in [2.45, 2.75) is 44.6 Å². The van der Waals surface area contributed by atoms with Gasteiger partial charge in [0.15, 0.2) is 0 Å². The number of hydrogen-bond acceptors (Lipinski definition) is 4. The zero-order valence-electron chi connectivity index (χ0n) is 21.4. The fourth-order valence-electron chi connectivity index (χ4n) is 6.10. The molecule has 0 radical (unpaired) electrons. The largest absolute Gasteiger partial charge is 0.381 e. The molecule has 1 aromatic heterocycles. The summed E-state index contributed by atoms with van der Waals surface area (Å²) in [6, 6.07) is 12.7. The Labute approximate surface area is 230 Å². The number of piperazine rings is 1. The number of allylic oxidation sites excluding steroid dienone is 1. The molecule has 0 unspecified atom stereocenters. The summed E-state index contributed by atoms with van der Waals surface area (Å²) in [5, 5.41) is 9.92. The molecule has 4 nitrogen and oxygen atoms in total. The Hall–Kier alpha value is -2.11. The van der Waals surface area contributed by atoms with Gasteiger partial charge in [-0.15, -0.1) is 0 Å². The maximum atomic E-state index is 6.33. The molecule has 2 N–H and O–H groups in total. The highest BCUT2D eigenvalue weighted by molar-refractivity contribution is 6.35. The summed E-state index contributed by atoms with van der Waals surface area (Å²) in [5.41, 5.74) is 6.71. The predicted octanol–water partition coefficient (Wildman–Crippen LogP) is 7.51. The van der Waals surface area contributed by atoms with E-state index in [0.29, 0.717) is 22.0 Å². The van der Waals surface area contributed by atoms with Crippen molar-refractivity contribution in [3.05, 3.63) is 64.8 Å². The number of pyridine rings is 1. The highest BCUT2D eigenvalue weighted by Crippen LogP contribution is 2.45. The van der Waals surface area contributed by atoms with Crippen LogP contribution in [0.2, 0.25) is 10.0 Å². The molecule has 3 aliphatic rings. The molecule has 0 atom stereocenters. The molecule has 0 bridgehead atoms. The predicted molar refractivity (Wildman–Crippen MR) is 158 cm³/mol. The number of nitrogens with zero attached hydrogens (tertiary/aromatic N) is 2. The van der Waals surface area contributed by atoms with Gasteiger partial charge >= 0.3 is 0 Å². The monoisotopic (exact) mass is 534 g/mol. The second-order valence-corrected chi connectivity index (χ2v) is 12.0. The molecule has 3 aromatic rings. The molecular formula is C31H36Cl2N4. The zero-order valence-corrected chi connectivity index (χ0v) is 22.9. The fourth-order valence-corrected chi connectivity index (χ4v) is 6.62. The van der Waals surface area contributed by atoms with Crippen LogP contribution in [0.25, 0.3) is 27.6 Å². The van der Waals surface area contributed by atoms with Crippen molar-refractivity contribution in [2.75, 3.05) is 38.0 Å². The summed E-state index contributed by atoms with van der Waals surface area (Å²) >= 11 is 12.7. The van der Waals surface area contributed by atoms with Crippen LogP contribution in [0.15, 0.2) is 49.2 Å². The van der Waals surface area contributed by atoms with E-state index >= 15 is 0 Å². The minimum atomic E-state index is 0.472. The van der Waals surface area contributed by atoms with E-state index in [0.717, 1.165) is 41.0 Å². The molecule has 2 saturated carbocycles. The number of nitrogens with one attached hydrogen (secondary N) is 2. The number of halogens is 2. The van der Waals surface area contributed by atoms with Crippen molar-refractivity contribution in [3.63, 3.8) is 0 Å². The van der Waals surface area contributed by atoms with Gasteiger partial charge in [0, 0.05) is 66.0 Å². The first-order valence-electron chi connectivity index (χ1n) is 13.8. The van der Waals surface area contributed by atoms with Crippen LogP contribution in [0.5, 0.6) is 0 Å². The average Bonchev–Trinajstić information content (AvgIpc) is 3.75. The minimum absolute atomic E-state index is 0.472. The Kier molecular flexibility index (Phi) is 7.45. The van der Waals surface area contributed by atoms with E-state index in [2.05, 4.69) is 40.3 Å². The van der Waals surface area contributed by atoms with E-state index in [1.807, 2.05) is 18.3 Å². The van der Waals surface area contributed by atoms with Gasteiger partial charge in [0.05, 0.1) is 11.2 Å². The lowest BCUT2D eigenvalue weighted by Gasteiger charge is -2.35. The summed E-state index contributed by atoms with van der Waals surface area (Å²) in [6.45, 7) is 10.4. The number of benzene rings is 2. The number of anilines is 1. The molecule has 1 aliphatic heterocycles. The first-order valence-corrected chi connectivity index (χ1v) is 14.6. The van der Waals surface area contributed by atoms with Crippen molar-refractivity contribution in [1.82, 2.24) is 15.2 Å². The molecule has 37 heavy (non-hydrogen) atoms. The number of rotatable bonds is 7. The van der Waals surface area contributed by atoms with E-state index in [-0.39, 0.29) is 0 Å². The highest BCUT2D eigenvalue weighted by Gasteiger charge is 2.29. The maximum absolute atomic E-state index is 6.33. The molecule has 0 spiro atoms. The van der Waals surface area contributed by atoms with Crippen LogP contribution in [0.1, 0.15) is 44.1 Å². The lowest BCUT2D eigenvalue weighted by atomic mass is 9.85. The molecule has 2 aliphatic carbocycles. The van der Waals surface area contributed by atoms with Gasteiger partial charge in [-0.05, 0) is 97.4 Å². The summed E-state index contributed by atoms with van der Waals surface area (Å²) in [4.78, 5) is 7.50. The Morgan fingerprint density at radius 2 is 1.68 bits per heavy atom. The van der Waals surface area contributed by atoms with E-state index in [1.165, 1.54) is 75.0 Å². The van der Waals surface area contributed by atoms with E-state index < -0.39 is 0 Å². The van der Waals surface area contributed by atoms with E-state index in [9.17, 15) is 0 Å². The topological polar surface area (TPSA) is 40.2 Å². The smallest absolute Gasteiger partial charge is 0.0723 e. The molecule has 6 rings (SSSR count). The quantitative estimate of drug-likeness (QED) is 0.329. The number of hydrogen-bond donors (Lipinski definition) is 2. The van der Waals surface area contributed by atoms with Crippen molar-refractivity contribution in [3.8, 4) is 11.1 Å². The Bertz CT molecular complexity index is 1270. The summed E-state index contributed by atoms with van der Waals surface area (Å²) in [5.74, 6) is 1.40. The number of aromatic nitrogens is 1. The molecule has 3 fully saturated rings. The molecular weight excluding hydrogens is 499 g/mol. The molecule has 6 heteroatoms.